The van der Waals surface area contributed by atoms with E-state index < -0.39 is 4.92 Å². The number of halogens is 1. The first kappa shape index (κ1) is 20.1. The van der Waals surface area contributed by atoms with Gasteiger partial charge in [0.25, 0.3) is 5.69 Å². The lowest BCUT2D eigenvalue weighted by Crippen LogP contribution is -2.40. The van der Waals surface area contributed by atoms with E-state index in [1.807, 2.05) is 12.1 Å². The summed E-state index contributed by atoms with van der Waals surface area (Å²) in [4.78, 5) is 38.7. The third-order valence-corrected chi connectivity index (χ3v) is 5.82. The lowest BCUT2D eigenvalue weighted by atomic mass is 9.77. The summed E-state index contributed by atoms with van der Waals surface area (Å²) >= 11 is 5.99. The number of allylic oxidation sites excluding steroid dienone is 2. The van der Waals surface area contributed by atoms with Crippen LogP contribution in [-0.4, -0.2) is 23.7 Å². The molecule has 30 heavy (non-hydrogen) atoms. The molecule has 8 heteroatoms. The normalized spacial score (nSPS) is 19.0. The molecular formula is C22H19ClN2O5. The van der Waals surface area contributed by atoms with E-state index in [0.29, 0.717) is 41.3 Å². The number of anilines is 1. The number of hydrogen-bond acceptors (Lipinski definition) is 5. The highest BCUT2D eigenvalue weighted by Crippen LogP contribution is 2.45. The number of methoxy groups -OCH3 is 1. The number of ether oxygens (including phenoxy) is 1. The number of benzene rings is 2. The van der Waals surface area contributed by atoms with Gasteiger partial charge in [0.05, 0.1) is 18.1 Å². The number of nitro benzene ring substituents is 1. The van der Waals surface area contributed by atoms with Crippen molar-refractivity contribution in [1.82, 2.24) is 0 Å². The van der Waals surface area contributed by atoms with Crippen molar-refractivity contribution in [3.63, 3.8) is 0 Å². The van der Waals surface area contributed by atoms with Gasteiger partial charge in [0.15, 0.2) is 5.78 Å². The minimum Gasteiger partial charge on any atom is -0.496 e. The Kier molecular flexibility index (Phi) is 5.30. The maximum Gasteiger partial charge on any atom is 0.297 e. The Labute approximate surface area is 178 Å². The molecular weight excluding hydrogens is 408 g/mol. The van der Waals surface area contributed by atoms with Crippen LogP contribution in [0, 0.1) is 10.1 Å². The molecule has 154 valence electrons. The molecule has 2 aromatic rings. The van der Waals surface area contributed by atoms with Gasteiger partial charge in [0, 0.05) is 35.1 Å². The summed E-state index contributed by atoms with van der Waals surface area (Å²) in [6.07, 6.45) is 1.55. The number of Topliss-reactive ketones (excluding diaryl/α,β-unsaturated/α-hetero) is 1. The van der Waals surface area contributed by atoms with Crippen molar-refractivity contribution in [1.29, 1.82) is 0 Å². The molecule has 1 heterocycles. The van der Waals surface area contributed by atoms with Crippen molar-refractivity contribution in [2.24, 2.45) is 0 Å². The molecule has 0 spiro atoms. The number of nitrogens with zero attached hydrogens (tertiary/aromatic N) is 2. The lowest BCUT2D eigenvalue weighted by Gasteiger charge is -2.38. The van der Waals surface area contributed by atoms with Gasteiger partial charge in [-0.3, -0.25) is 24.6 Å². The van der Waals surface area contributed by atoms with E-state index in [-0.39, 0.29) is 35.4 Å². The molecule has 4 rings (SSSR count). The zero-order valence-electron chi connectivity index (χ0n) is 16.3. The van der Waals surface area contributed by atoms with Crippen LogP contribution in [0.25, 0.3) is 0 Å². The van der Waals surface area contributed by atoms with E-state index in [4.69, 9.17) is 16.3 Å². The van der Waals surface area contributed by atoms with E-state index in [0.717, 1.165) is 5.56 Å². The minimum atomic E-state index is -0.540. The lowest BCUT2D eigenvalue weighted by molar-refractivity contribution is -0.384. The fourth-order valence-electron chi connectivity index (χ4n) is 4.22. The summed E-state index contributed by atoms with van der Waals surface area (Å²) < 4.78 is 5.10. The smallest absolute Gasteiger partial charge is 0.297 e. The van der Waals surface area contributed by atoms with Gasteiger partial charge in [-0.1, -0.05) is 23.7 Å². The molecule has 1 amide bonds. The van der Waals surface area contributed by atoms with Gasteiger partial charge < -0.3 is 4.74 Å². The Morgan fingerprint density at radius 1 is 1.13 bits per heavy atom. The summed E-state index contributed by atoms with van der Waals surface area (Å²) in [5.74, 6) is -0.365. The quantitative estimate of drug-likeness (QED) is 0.518. The molecule has 0 bridgehead atoms. The van der Waals surface area contributed by atoms with E-state index in [2.05, 4.69) is 0 Å². The Morgan fingerprint density at radius 3 is 2.53 bits per heavy atom. The average Bonchev–Trinajstić information content (AvgIpc) is 2.73. The molecule has 0 radical (unpaired) electrons. The van der Waals surface area contributed by atoms with Gasteiger partial charge >= 0.3 is 0 Å². The summed E-state index contributed by atoms with van der Waals surface area (Å²) in [5, 5.41) is 12.3. The minimum absolute atomic E-state index is 0.0233. The van der Waals surface area contributed by atoms with Crippen LogP contribution in [0.5, 0.6) is 5.75 Å². The third-order valence-electron chi connectivity index (χ3n) is 5.57. The predicted octanol–water partition coefficient (Wildman–Crippen LogP) is 4.78. The first-order valence-electron chi connectivity index (χ1n) is 9.57. The number of carbonyl (C=O) groups is 2. The molecule has 1 unspecified atom stereocenters. The first-order valence-corrected chi connectivity index (χ1v) is 9.95. The van der Waals surface area contributed by atoms with Crippen molar-refractivity contribution >= 4 is 34.7 Å². The molecule has 0 fully saturated rings. The number of nitro groups is 1. The van der Waals surface area contributed by atoms with Crippen LogP contribution in [0.1, 0.15) is 37.2 Å². The van der Waals surface area contributed by atoms with Crippen LogP contribution in [0.3, 0.4) is 0 Å². The van der Waals surface area contributed by atoms with Crippen LogP contribution in [-0.2, 0) is 9.59 Å². The molecule has 1 aliphatic carbocycles. The van der Waals surface area contributed by atoms with Gasteiger partial charge in [-0.05, 0) is 42.7 Å². The Hall–Kier alpha value is -3.19. The molecule has 1 atom stereocenters. The average molecular weight is 427 g/mol. The number of carbonyl (C=O) groups excluding carboxylic acids is 2. The van der Waals surface area contributed by atoms with Crippen molar-refractivity contribution < 1.29 is 19.2 Å². The number of ketones is 1. The predicted molar refractivity (Wildman–Crippen MR) is 112 cm³/mol. The maximum atomic E-state index is 13.2. The van der Waals surface area contributed by atoms with E-state index in [1.165, 1.54) is 24.1 Å². The maximum absolute atomic E-state index is 13.2. The molecule has 1 aliphatic heterocycles. The fraction of sp³-hybridized carbons (Fsp3) is 0.273. The van der Waals surface area contributed by atoms with Crippen molar-refractivity contribution in [3.8, 4) is 5.75 Å². The number of hydrogen-bond donors (Lipinski definition) is 0. The summed E-state index contributed by atoms with van der Waals surface area (Å²) in [7, 11) is 1.42. The van der Waals surface area contributed by atoms with Crippen LogP contribution in [0.2, 0.25) is 5.02 Å². The van der Waals surface area contributed by atoms with Gasteiger partial charge in [-0.2, -0.15) is 0 Å². The zero-order valence-corrected chi connectivity index (χ0v) is 17.0. The van der Waals surface area contributed by atoms with Crippen LogP contribution in [0.4, 0.5) is 11.4 Å². The molecule has 0 saturated carbocycles. The standard InChI is InChI=1S/C22H19ClN2O5/c1-30-15-9-10-17(19(11-15)25(28)29)24-18-3-2-4-20(26)22(18)16(12-21(24)27)13-5-7-14(23)8-6-13/h5-11,16H,2-4,12H2,1H3. The van der Waals surface area contributed by atoms with E-state index >= 15 is 0 Å². The molecule has 7 nitrogen and oxygen atoms in total. The monoisotopic (exact) mass is 426 g/mol. The molecule has 2 aliphatic rings. The van der Waals surface area contributed by atoms with Crippen LogP contribution in [0.15, 0.2) is 53.7 Å². The van der Waals surface area contributed by atoms with Crippen LogP contribution < -0.4 is 9.64 Å². The largest absolute Gasteiger partial charge is 0.496 e. The zero-order chi connectivity index (χ0) is 21.4. The van der Waals surface area contributed by atoms with Crippen molar-refractivity contribution in [2.45, 2.75) is 31.6 Å². The Bertz CT molecular complexity index is 1080. The highest BCUT2D eigenvalue weighted by atomic mass is 35.5. The topological polar surface area (TPSA) is 89.8 Å². The molecule has 0 aromatic heterocycles. The van der Waals surface area contributed by atoms with Gasteiger partial charge in [-0.15, -0.1) is 0 Å². The van der Waals surface area contributed by atoms with Crippen LogP contribution >= 0.6 is 11.6 Å². The number of rotatable bonds is 4. The van der Waals surface area contributed by atoms with Gasteiger partial charge in [0.2, 0.25) is 5.91 Å². The van der Waals surface area contributed by atoms with E-state index in [9.17, 15) is 19.7 Å². The second kappa shape index (κ2) is 7.91. The number of amides is 1. The highest BCUT2D eigenvalue weighted by molar-refractivity contribution is 6.30. The van der Waals surface area contributed by atoms with Crippen molar-refractivity contribution in [3.05, 3.63) is 74.4 Å². The summed E-state index contributed by atoms with van der Waals surface area (Å²) in [6, 6.07) is 11.5. The second-order valence-corrected chi connectivity index (χ2v) is 7.72. The summed E-state index contributed by atoms with van der Waals surface area (Å²) in [5.41, 5.74) is 1.86. The molecule has 2 aromatic carbocycles. The van der Waals surface area contributed by atoms with E-state index in [1.54, 1.807) is 18.2 Å². The second-order valence-electron chi connectivity index (χ2n) is 7.29. The first-order chi connectivity index (χ1) is 14.4. The Morgan fingerprint density at radius 2 is 1.87 bits per heavy atom. The molecule has 0 N–H and O–H groups in total. The summed E-state index contributed by atoms with van der Waals surface area (Å²) in [6.45, 7) is 0. The molecule has 0 saturated heterocycles. The highest BCUT2D eigenvalue weighted by Gasteiger charge is 2.41. The van der Waals surface area contributed by atoms with Gasteiger partial charge in [0.1, 0.15) is 11.4 Å². The third kappa shape index (κ3) is 3.45. The SMILES string of the molecule is COc1ccc(N2C(=O)CC(c3ccc(Cl)cc3)C3=C2CCCC3=O)c([N+](=O)[O-])c1. The Balaban J connectivity index is 1.89. The van der Waals surface area contributed by atoms with Crippen molar-refractivity contribution in [2.75, 3.05) is 12.0 Å². The fourth-order valence-corrected chi connectivity index (χ4v) is 4.34. The van der Waals surface area contributed by atoms with Gasteiger partial charge in [-0.25, -0.2) is 0 Å².